The molecule has 0 saturated heterocycles. The summed E-state index contributed by atoms with van der Waals surface area (Å²) in [6, 6.07) is 108. The molecule has 0 saturated carbocycles. The van der Waals surface area contributed by atoms with Crippen molar-refractivity contribution >= 4 is 34.1 Å². The molecule has 12 aromatic carbocycles. The fraction of sp³-hybridized carbons (Fsp3) is 0.0649. The standard InChI is InChI=1S/C77H58N2/c1-77(2)73-42-23-22-41-67(73)72-50-64(43-44-74(72)77)79(63-37-16-7-17-38-63)75-48-59-46-57-30-19-21-40-66(57)69-52-71(58-32-24-31-55(45-58)53-25-8-3-9-26-53)76(78(61-33-12-5-13-34-61)62-35-14-6-15-36-62)49-60(69)47-56-29-18-20-39-65(56)68(59)51-70(75)54-27-10-4-11-28-54/h3-45,48-52H,46-47H2,1-2H3. The van der Waals surface area contributed by atoms with Crippen molar-refractivity contribution in [1.29, 1.82) is 0 Å². The van der Waals surface area contributed by atoms with Crippen molar-refractivity contribution < 1.29 is 0 Å². The number of fused-ring (bicyclic) bond motifs is 9. The third-order valence-electron chi connectivity index (χ3n) is 16.5. The summed E-state index contributed by atoms with van der Waals surface area (Å²) in [4.78, 5) is 4.95. The van der Waals surface area contributed by atoms with Gasteiger partial charge in [-0.2, -0.15) is 0 Å². The van der Waals surface area contributed by atoms with Gasteiger partial charge in [0.15, 0.2) is 0 Å². The Morgan fingerprint density at radius 2 is 0.646 bits per heavy atom. The van der Waals surface area contributed by atoms with Gasteiger partial charge in [-0.15, -0.1) is 0 Å². The Morgan fingerprint density at radius 3 is 1.19 bits per heavy atom. The Balaban J connectivity index is 1.02. The summed E-state index contributed by atoms with van der Waals surface area (Å²) < 4.78 is 0. The minimum Gasteiger partial charge on any atom is -0.310 e. The van der Waals surface area contributed by atoms with Crippen LogP contribution < -0.4 is 9.80 Å². The first kappa shape index (κ1) is 47.7. The molecule has 79 heavy (non-hydrogen) atoms. The molecule has 2 aliphatic rings. The van der Waals surface area contributed by atoms with Crippen LogP contribution in [0, 0.1) is 0 Å². The zero-order valence-electron chi connectivity index (χ0n) is 44.5. The largest absolute Gasteiger partial charge is 0.310 e. The highest BCUT2D eigenvalue weighted by atomic mass is 15.2. The Labute approximate surface area is 464 Å². The summed E-state index contributed by atoms with van der Waals surface area (Å²) in [6.07, 6.45) is 1.44. The molecule has 0 fully saturated rings. The second kappa shape index (κ2) is 20.0. The normalized spacial score (nSPS) is 12.7. The molecule has 0 unspecified atom stereocenters. The monoisotopic (exact) mass is 1010 g/mol. The molecule has 2 aliphatic carbocycles. The second-order valence-corrected chi connectivity index (χ2v) is 21.6. The van der Waals surface area contributed by atoms with E-state index in [9.17, 15) is 0 Å². The Morgan fingerprint density at radius 1 is 0.241 bits per heavy atom. The molecule has 0 aromatic heterocycles. The first-order valence-corrected chi connectivity index (χ1v) is 27.7. The third-order valence-corrected chi connectivity index (χ3v) is 16.5. The number of hydrogen-bond acceptors (Lipinski definition) is 2. The SMILES string of the molecule is CC1(C)c2ccccc2-c2cc(N(c3ccccc3)c3cc4c(cc3-c3ccccc3)-c3ccccc3Cc3cc(N(c5ccccc5)c5ccccc5)c(-c5cccc(-c6ccccc6)c5)cc3-c3ccccc3C4)ccc21. The van der Waals surface area contributed by atoms with Crippen molar-refractivity contribution in [1.82, 2.24) is 0 Å². The molecular formula is C77H58N2. The van der Waals surface area contributed by atoms with Gasteiger partial charge >= 0.3 is 0 Å². The summed E-state index contributed by atoms with van der Waals surface area (Å²) in [5, 5.41) is 0. The van der Waals surface area contributed by atoms with Crippen LogP contribution in [-0.2, 0) is 18.3 Å². The van der Waals surface area contributed by atoms with E-state index in [2.05, 4.69) is 315 Å². The van der Waals surface area contributed by atoms with E-state index in [1.54, 1.807) is 0 Å². The van der Waals surface area contributed by atoms with Crippen LogP contribution in [0.4, 0.5) is 34.1 Å². The van der Waals surface area contributed by atoms with Gasteiger partial charge in [-0.1, -0.05) is 226 Å². The van der Waals surface area contributed by atoms with Crippen molar-refractivity contribution in [2.24, 2.45) is 0 Å². The van der Waals surface area contributed by atoms with Crippen molar-refractivity contribution in [3.8, 4) is 66.8 Å². The second-order valence-electron chi connectivity index (χ2n) is 21.6. The van der Waals surface area contributed by atoms with E-state index in [0.29, 0.717) is 0 Å². The minimum atomic E-state index is -0.103. The fourth-order valence-corrected chi connectivity index (χ4v) is 12.7. The maximum absolute atomic E-state index is 2.52. The van der Waals surface area contributed by atoms with Gasteiger partial charge in [-0.05, 0) is 181 Å². The molecule has 0 N–H and O–H groups in total. The quantitative estimate of drug-likeness (QED) is 0.142. The van der Waals surface area contributed by atoms with Gasteiger partial charge in [0.1, 0.15) is 0 Å². The van der Waals surface area contributed by atoms with Gasteiger partial charge < -0.3 is 9.80 Å². The summed E-state index contributed by atoms with van der Waals surface area (Å²) in [7, 11) is 0. The van der Waals surface area contributed by atoms with Gasteiger partial charge in [-0.25, -0.2) is 0 Å². The fourth-order valence-electron chi connectivity index (χ4n) is 12.7. The summed E-state index contributed by atoms with van der Waals surface area (Å²) in [5.74, 6) is 0. The highest BCUT2D eigenvalue weighted by Crippen LogP contribution is 2.53. The number of anilines is 6. The predicted molar refractivity (Wildman–Crippen MR) is 333 cm³/mol. The topological polar surface area (TPSA) is 6.48 Å². The van der Waals surface area contributed by atoms with Crippen LogP contribution in [0.3, 0.4) is 0 Å². The lowest BCUT2D eigenvalue weighted by Gasteiger charge is -2.31. The molecule has 376 valence electrons. The van der Waals surface area contributed by atoms with Crippen LogP contribution in [0.15, 0.2) is 291 Å². The summed E-state index contributed by atoms with van der Waals surface area (Å²) in [5.41, 5.74) is 29.1. The molecule has 0 bridgehead atoms. The van der Waals surface area contributed by atoms with Crippen molar-refractivity contribution in [3.05, 3.63) is 325 Å². The van der Waals surface area contributed by atoms with Gasteiger partial charge in [0, 0.05) is 39.3 Å². The number of benzene rings is 12. The van der Waals surface area contributed by atoms with E-state index in [-0.39, 0.29) is 5.41 Å². The Hall–Kier alpha value is -9.76. The van der Waals surface area contributed by atoms with Crippen molar-refractivity contribution in [2.45, 2.75) is 32.1 Å². The molecular weight excluding hydrogens is 953 g/mol. The van der Waals surface area contributed by atoms with Crippen LogP contribution >= 0.6 is 0 Å². The molecule has 0 atom stereocenters. The number of nitrogens with zero attached hydrogens (tertiary/aromatic N) is 2. The zero-order chi connectivity index (χ0) is 52.9. The van der Waals surface area contributed by atoms with Crippen molar-refractivity contribution in [2.75, 3.05) is 9.80 Å². The van der Waals surface area contributed by atoms with Gasteiger partial charge in [0.05, 0.1) is 11.4 Å². The minimum absolute atomic E-state index is 0.103. The van der Waals surface area contributed by atoms with E-state index in [4.69, 9.17) is 0 Å². The first-order valence-electron chi connectivity index (χ1n) is 27.7. The van der Waals surface area contributed by atoms with Crippen LogP contribution in [0.2, 0.25) is 0 Å². The number of para-hydroxylation sites is 3. The van der Waals surface area contributed by atoms with Gasteiger partial charge in [0.25, 0.3) is 0 Å². The summed E-state index contributed by atoms with van der Waals surface area (Å²) >= 11 is 0. The van der Waals surface area contributed by atoms with Crippen molar-refractivity contribution in [3.63, 3.8) is 0 Å². The lowest BCUT2D eigenvalue weighted by Crippen LogP contribution is -2.16. The average molecular weight is 1010 g/mol. The molecule has 0 heterocycles. The average Bonchev–Trinajstić information content (AvgIpc) is 3.92. The maximum Gasteiger partial charge on any atom is 0.0543 e. The predicted octanol–water partition coefficient (Wildman–Crippen LogP) is 20.8. The number of rotatable bonds is 9. The van der Waals surface area contributed by atoms with E-state index in [1.807, 2.05) is 0 Å². The zero-order valence-corrected chi connectivity index (χ0v) is 44.5. The lowest BCUT2D eigenvalue weighted by atomic mass is 9.81. The van der Waals surface area contributed by atoms with Gasteiger partial charge in [0.2, 0.25) is 0 Å². The Bertz CT molecular complexity index is 4160. The molecule has 12 aromatic rings. The summed E-state index contributed by atoms with van der Waals surface area (Å²) in [6.45, 7) is 4.72. The smallest absolute Gasteiger partial charge is 0.0543 e. The lowest BCUT2D eigenvalue weighted by molar-refractivity contribution is 0.660. The van der Waals surface area contributed by atoms with E-state index in [1.165, 1.54) is 94.6 Å². The molecule has 2 heteroatoms. The molecule has 14 rings (SSSR count). The van der Waals surface area contributed by atoms with E-state index in [0.717, 1.165) is 52.5 Å². The maximum atomic E-state index is 2.52. The Kier molecular flexibility index (Phi) is 12.1. The van der Waals surface area contributed by atoms with Crippen LogP contribution in [0.25, 0.3) is 66.8 Å². The molecule has 0 radical (unpaired) electrons. The van der Waals surface area contributed by atoms with E-state index < -0.39 is 0 Å². The van der Waals surface area contributed by atoms with Crippen LogP contribution in [0.1, 0.15) is 47.2 Å². The molecule has 0 spiro atoms. The number of hydrogen-bond donors (Lipinski definition) is 0. The van der Waals surface area contributed by atoms with E-state index >= 15 is 0 Å². The highest BCUT2D eigenvalue weighted by Gasteiger charge is 2.36. The van der Waals surface area contributed by atoms with Crippen LogP contribution in [-0.4, -0.2) is 0 Å². The molecule has 0 amide bonds. The van der Waals surface area contributed by atoms with Crippen LogP contribution in [0.5, 0.6) is 0 Å². The first-order chi connectivity index (χ1) is 38.9. The third kappa shape index (κ3) is 8.63. The highest BCUT2D eigenvalue weighted by molar-refractivity contribution is 5.97. The molecule has 0 aliphatic heterocycles. The molecule has 2 nitrogen and oxygen atoms in total. The van der Waals surface area contributed by atoms with Gasteiger partial charge in [-0.3, -0.25) is 0 Å².